The lowest BCUT2D eigenvalue weighted by Gasteiger charge is -2.35. The Morgan fingerprint density at radius 1 is 0.929 bits per heavy atom. The average Bonchev–Trinajstić information content (AvgIpc) is 3.25. The second-order valence-electron chi connectivity index (χ2n) is 7.94. The van der Waals surface area contributed by atoms with E-state index in [-0.39, 0.29) is 29.7 Å². The van der Waals surface area contributed by atoms with E-state index in [0.29, 0.717) is 42.8 Å². The average molecular weight is 406 g/mol. The summed E-state index contributed by atoms with van der Waals surface area (Å²) < 4.78 is 24.5. The summed E-state index contributed by atoms with van der Waals surface area (Å²) in [6.45, 7) is 2.87. The highest BCUT2D eigenvalue weighted by molar-refractivity contribution is 7.91. The van der Waals surface area contributed by atoms with Gasteiger partial charge in [-0.3, -0.25) is 4.79 Å². The molecule has 152 valence electrons. The fourth-order valence-electron chi connectivity index (χ4n) is 4.47. The van der Waals surface area contributed by atoms with Crippen molar-refractivity contribution in [3.05, 3.63) is 29.8 Å². The molecule has 1 atom stereocenters. The summed E-state index contributed by atoms with van der Waals surface area (Å²) in [7, 11) is -3.26. The highest BCUT2D eigenvalue weighted by atomic mass is 32.2. The number of urea groups is 1. The minimum absolute atomic E-state index is 0.0348. The van der Waals surface area contributed by atoms with Gasteiger partial charge in [0.2, 0.25) is 5.91 Å². The van der Waals surface area contributed by atoms with Crippen molar-refractivity contribution in [1.82, 2.24) is 15.1 Å². The molecule has 28 heavy (non-hydrogen) atoms. The highest BCUT2D eigenvalue weighted by Gasteiger charge is 2.34. The van der Waals surface area contributed by atoms with E-state index in [1.165, 1.54) is 0 Å². The van der Waals surface area contributed by atoms with Crippen molar-refractivity contribution >= 4 is 21.8 Å². The van der Waals surface area contributed by atoms with Crippen LogP contribution < -0.4 is 5.32 Å². The number of fused-ring (bicyclic) bond motifs is 1. The number of nitrogens with zero attached hydrogens (tertiary/aromatic N) is 2. The van der Waals surface area contributed by atoms with Crippen LogP contribution in [0.5, 0.6) is 0 Å². The summed E-state index contributed by atoms with van der Waals surface area (Å²) in [4.78, 5) is 29.4. The zero-order valence-corrected chi connectivity index (χ0v) is 16.8. The van der Waals surface area contributed by atoms with E-state index >= 15 is 0 Å². The van der Waals surface area contributed by atoms with E-state index in [4.69, 9.17) is 0 Å². The molecule has 0 aliphatic carbocycles. The number of hydrogen-bond donors (Lipinski definition) is 1. The van der Waals surface area contributed by atoms with Gasteiger partial charge in [0.05, 0.1) is 16.7 Å². The smallest absolute Gasteiger partial charge is 0.319 e. The lowest BCUT2D eigenvalue weighted by molar-refractivity contribution is -0.127. The molecule has 3 amide bonds. The number of sulfone groups is 1. The maximum Gasteiger partial charge on any atom is 0.319 e. The van der Waals surface area contributed by atoms with Crippen LogP contribution in [0.15, 0.2) is 29.2 Å². The molecule has 0 spiro atoms. The topological polar surface area (TPSA) is 86.8 Å². The maximum absolute atomic E-state index is 12.8. The molecule has 3 aliphatic heterocycles. The zero-order chi connectivity index (χ0) is 19.7. The quantitative estimate of drug-likeness (QED) is 0.815. The van der Waals surface area contributed by atoms with Crippen molar-refractivity contribution in [3.8, 4) is 0 Å². The molecule has 2 fully saturated rings. The summed E-state index contributed by atoms with van der Waals surface area (Å²) in [5, 5.41) is 3.06. The first kappa shape index (κ1) is 19.2. The lowest BCUT2D eigenvalue weighted by Crippen LogP contribution is -2.48. The minimum atomic E-state index is -3.26. The summed E-state index contributed by atoms with van der Waals surface area (Å²) in [5.41, 5.74) is 0.684. The molecule has 3 aliphatic rings. The molecule has 7 nitrogen and oxygen atoms in total. The molecule has 1 N–H and O–H groups in total. The molecule has 0 aromatic heterocycles. The SMILES string of the molecule is O=C(NC1CCS(=O)(=O)c2ccccc21)C1CCN(C(=O)N2CCCC2)CC1. The van der Waals surface area contributed by atoms with E-state index < -0.39 is 9.84 Å². The fourth-order valence-corrected chi connectivity index (χ4v) is 6.09. The van der Waals surface area contributed by atoms with E-state index in [2.05, 4.69) is 5.32 Å². The fraction of sp³-hybridized carbons (Fsp3) is 0.600. The van der Waals surface area contributed by atoms with Crippen molar-refractivity contribution in [2.75, 3.05) is 31.9 Å². The number of carbonyl (C=O) groups excluding carboxylic acids is 2. The molecule has 1 unspecified atom stereocenters. The van der Waals surface area contributed by atoms with Gasteiger partial charge in [-0.05, 0) is 43.7 Å². The van der Waals surface area contributed by atoms with Crippen LogP contribution in [-0.2, 0) is 14.6 Å². The molecule has 3 heterocycles. The zero-order valence-electron chi connectivity index (χ0n) is 16.0. The molecule has 2 saturated heterocycles. The normalized spacial score (nSPS) is 24.6. The van der Waals surface area contributed by atoms with Gasteiger partial charge < -0.3 is 15.1 Å². The van der Waals surface area contributed by atoms with Crippen LogP contribution in [0, 0.1) is 5.92 Å². The van der Waals surface area contributed by atoms with Gasteiger partial charge in [0.15, 0.2) is 9.84 Å². The Bertz CT molecular complexity index is 856. The number of benzene rings is 1. The lowest BCUT2D eigenvalue weighted by atomic mass is 9.94. The van der Waals surface area contributed by atoms with Crippen LogP contribution in [0.4, 0.5) is 4.79 Å². The van der Waals surface area contributed by atoms with E-state index in [1.807, 2.05) is 9.80 Å². The Balaban J connectivity index is 1.36. The van der Waals surface area contributed by atoms with Crippen molar-refractivity contribution in [1.29, 1.82) is 0 Å². The number of rotatable bonds is 2. The van der Waals surface area contributed by atoms with Crippen molar-refractivity contribution in [2.45, 2.75) is 43.0 Å². The number of carbonyl (C=O) groups is 2. The molecule has 0 bridgehead atoms. The number of amides is 3. The van der Waals surface area contributed by atoms with Gasteiger partial charge in [0, 0.05) is 32.1 Å². The number of hydrogen-bond acceptors (Lipinski definition) is 4. The second kappa shape index (κ2) is 7.73. The van der Waals surface area contributed by atoms with Crippen LogP contribution >= 0.6 is 0 Å². The van der Waals surface area contributed by atoms with Gasteiger partial charge in [0.1, 0.15) is 0 Å². The summed E-state index contributed by atoms with van der Waals surface area (Å²) in [5.74, 6) is -0.113. The van der Waals surface area contributed by atoms with Gasteiger partial charge in [-0.25, -0.2) is 13.2 Å². The summed E-state index contributed by atoms with van der Waals surface area (Å²) in [6, 6.07) is 6.76. The first-order valence-electron chi connectivity index (χ1n) is 10.1. The van der Waals surface area contributed by atoms with E-state index in [9.17, 15) is 18.0 Å². The number of piperidine rings is 1. The predicted octanol–water partition coefficient (Wildman–Crippen LogP) is 1.95. The summed E-state index contributed by atoms with van der Waals surface area (Å²) in [6.07, 6.45) is 3.85. The molecular formula is C20H27N3O4S. The first-order chi connectivity index (χ1) is 13.5. The Morgan fingerprint density at radius 3 is 2.29 bits per heavy atom. The van der Waals surface area contributed by atoms with Gasteiger partial charge in [-0.1, -0.05) is 18.2 Å². The standard InChI is InChI=1S/C20H27N3O4S/c24-19(15-7-12-23(13-8-15)20(25)22-10-3-4-11-22)21-17-9-14-28(26,27)18-6-2-1-5-16(17)18/h1-2,5-6,15,17H,3-4,7-14H2,(H,21,24). The van der Waals surface area contributed by atoms with Gasteiger partial charge >= 0.3 is 6.03 Å². The molecule has 8 heteroatoms. The van der Waals surface area contributed by atoms with Crippen LogP contribution in [-0.4, -0.2) is 62.1 Å². The van der Waals surface area contributed by atoms with Crippen molar-refractivity contribution in [3.63, 3.8) is 0 Å². The Morgan fingerprint density at radius 2 is 1.57 bits per heavy atom. The number of likely N-dealkylation sites (tertiary alicyclic amines) is 2. The highest BCUT2D eigenvalue weighted by Crippen LogP contribution is 2.32. The van der Waals surface area contributed by atoms with Crippen molar-refractivity contribution in [2.24, 2.45) is 5.92 Å². The van der Waals surface area contributed by atoms with Crippen LogP contribution in [0.3, 0.4) is 0 Å². The predicted molar refractivity (Wildman–Crippen MR) is 104 cm³/mol. The molecule has 0 saturated carbocycles. The molecule has 1 aromatic carbocycles. The van der Waals surface area contributed by atoms with E-state index in [1.54, 1.807) is 24.3 Å². The maximum atomic E-state index is 12.8. The summed E-state index contributed by atoms with van der Waals surface area (Å²) >= 11 is 0. The molecule has 0 radical (unpaired) electrons. The molecular weight excluding hydrogens is 378 g/mol. The third-order valence-electron chi connectivity index (χ3n) is 6.13. The van der Waals surface area contributed by atoms with Crippen LogP contribution in [0.25, 0.3) is 0 Å². The Kier molecular flexibility index (Phi) is 5.31. The third-order valence-corrected chi connectivity index (χ3v) is 7.95. The Labute approximate surface area is 166 Å². The first-order valence-corrected chi connectivity index (χ1v) is 11.8. The van der Waals surface area contributed by atoms with E-state index in [0.717, 1.165) is 25.9 Å². The van der Waals surface area contributed by atoms with Gasteiger partial charge in [-0.15, -0.1) is 0 Å². The van der Waals surface area contributed by atoms with Gasteiger partial charge in [-0.2, -0.15) is 0 Å². The third kappa shape index (κ3) is 3.74. The number of nitrogens with one attached hydrogen (secondary N) is 1. The van der Waals surface area contributed by atoms with Crippen molar-refractivity contribution < 1.29 is 18.0 Å². The molecule has 4 rings (SSSR count). The Hall–Kier alpha value is -2.09. The van der Waals surface area contributed by atoms with Gasteiger partial charge in [0.25, 0.3) is 0 Å². The largest absolute Gasteiger partial charge is 0.349 e. The monoisotopic (exact) mass is 405 g/mol. The van der Waals surface area contributed by atoms with Crippen LogP contribution in [0.1, 0.15) is 43.7 Å². The van der Waals surface area contributed by atoms with Crippen LogP contribution in [0.2, 0.25) is 0 Å². The minimum Gasteiger partial charge on any atom is -0.349 e. The second-order valence-corrected chi connectivity index (χ2v) is 10.0. The molecule has 1 aromatic rings.